The number of benzene rings is 1. The van der Waals surface area contributed by atoms with Crippen molar-refractivity contribution in [1.82, 2.24) is 9.80 Å². The Hall–Kier alpha value is -1.37. The molecule has 0 radical (unpaired) electrons. The van der Waals surface area contributed by atoms with Crippen LogP contribution < -0.4 is 9.47 Å². The van der Waals surface area contributed by atoms with Crippen LogP contribution in [0.2, 0.25) is 0 Å². The number of aliphatic hydroxyl groups is 1. The van der Waals surface area contributed by atoms with Gasteiger partial charge in [0.1, 0.15) is 5.82 Å². The molecular weight excluding hydrogens is 323 g/mol. The van der Waals surface area contributed by atoms with E-state index < -0.39 is 5.60 Å². The molecule has 1 aromatic rings. The summed E-state index contributed by atoms with van der Waals surface area (Å²) in [6.45, 7) is 4.79. The Morgan fingerprint density at radius 1 is 1.04 bits per heavy atom. The first-order chi connectivity index (χ1) is 12.0. The molecule has 2 aliphatic heterocycles. The minimum atomic E-state index is -0.699. The number of methoxy groups -OCH3 is 2. The largest absolute Gasteiger partial charge is 0.493 e. The molecule has 0 saturated carbocycles. The van der Waals surface area contributed by atoms with Gasteiger partial charge in [-0.15, -0.1) is 0 Å². The van der Waals surface area contributed by atoms with Crippen LogP contribution >= 0.6 is 0 Å². The Bertz CT molecular complexity index is 592. The van der Waals surface area contributed by atoms with Crippen molar-refractivity contribution < 1.29 is 19.0 Å². The van der Waals surface area contributed by atoms with Crippen molar-refractivity contribution in [2.45, 2.75) is 37.8 Å². The molecule has 1 atom stereocenters. The van der Waals surface area contributed by atoms with Crippen molar-refractivity contribution in [2.75, 3.05) is 46.9 Å². The van der Waals surface area contributed by atoms with Gasteiger partial charge in [-0.25, -0.2) is 4.39 Å². The topological polar surface area (TPSA) is 45.2 Å². The smallest absolute Gasteiger partial charge is 0.163 e. The van der Waals surface area contributed by atoms with E-state index in [-0.39, 0.29) is 5.82 Å². The third-order valence-corrected chi connectivity index (χ3v) is 5.30. The minimum Gasteiger partial charge on any atom is -0.493 e. The van der Waals surface area contributed by atoms with Gasteiger partial charge in [-0.2, -0.15) is 0 Å². The highest BCUT2D eigenvalue weighted by Gasteiger charge is 2.35. The average molecular weight is 352 g/mol. The summed E-state index contributed by atoms with van der Waals surface area (Å²) in [6, 6.07) is 3.07. The number of piperidine rings is 1. The SMILES string of the molecule is COc1cc(F)c(CN2CCC[C@](O)(CN3CCCC3)C2)cc1OC. The van der Waals surface area contributed by atoms with Gasteiger partial charge in [0.05, 0.1) is 19.8 Å². The van der Waals surface area contributed by atoms with Crippen molar-refractivity contribution >= 4 is 0 Å². The monoisotopic (exact) mass is 352 g/mol. The number of halogens is 1. The van der Waals surface area contributed by atoms with Crippen LogP contribution in [0.25, 0.3) is 0 Å². The lowest BCUT2D eigenvalue weighted by Gasteiger charge is -2.41. The number of likely N-dealkylation sites (tertiary alicyclic amines) is 2. The van der Waals surface area contributed by atoms with Gasteiger partial charge in [0.2, 0.25) is 0 Å². The number of rotatable bonds is 6. The first kappa shape index (κ1) is 18.4. The highest BCUT2D eigenvalue weighted by molar-refractivity contribution is 5.43. The minimum absolute atomic E-state index is 0.300. The van der Waals surface area contributed by atoms with Gasteiger partial charge in [0, 0.05) is 31.3 Å². The van der Waals surface area contributed by atoms with E-state index in [1.165, 1.54) is 26.0 Å². The Morgan fingerprint density at radius 3 is 2.36 bits per heavy atom. The highest BCUT2D eigenvalue weighted by Crippen LogP contribution is 2.31. The van der Waals surface area contributed by atoms with E-state index in [2.05, 4.69) is 9.80 Å². The standard InChI is InChI=1S/C19H29FN2O3/c1-24-17-10-15(16(20)11-18(17)25-2)12-22-9-5-6-19(23,14-22)13-21-7-3-4-8-21/h10-11,23H,3-9,12-14H2,1-2H3/t19-/m0/s1. The summed E-state index contributed by atoms with van der Waals surface area (Å²) in [5.74, 6) is 0.627. The van der Waals surface area contributed by atoms with Gasteiger partial charge in [-0.3, -0.25) is 4.90 Å². The van der Waals surface area contributed by atoms with Crippen LogP contribution in [0.15, 0.2) is 12.1 Å². The number of β-amino-alcohol motifs (C(OH)–C–C–N with tert-alkyl or cyclic N) is 1. The second-order valence-electron chi connectivity index (χ2n) is 7.32. The number of hydrogen-bond acceptors (Lipinski definition) is 5. The molecule has 0 amide bonds. The summed E-state index contributed by atoms with van der Waals surface area (Å²) >= 11 is 0. The first-order valence-electron chi connectivity index (χ1n) is 9.10. The molecule has 5 nitrogen and oxygen atoms in total. The van der Waals surface area contributed by atoms with Gasteiger partial charge in [0.15, 0.2) is 11.5 Å². The Labute approximate surface area is 149 Å². The number of nitrogens with zero attached hydrogens (tertiary/aromatic N) is 2. The van der Waals surface area contributed by atoms with Gasteiger partial charge >= 0.3 is 0 Å². The maximum Gasteiger partial charge on any atom is 0.163 e. The zero-order chi connectivity index (χ0) is 17.9. The number of ether oxygens (including phenoxy) is 2. The third kappa shape index (κ3) is 4.43. The molecule has 140 valence electrons. The molecule has 3 rings (SSSR count). The molecule has 1 aromatic carbocycles. The van der Waals surface area contributed by atoms with Crippen molar-refractivity contribution in [3.05, 3.63) is 23.5 Å². The lowest BCUT2D eigenvalue weighted by Crippen LogP contribution is -2.53. The fourth-order valence-corrected chi connectivity index (χ4v) is 4.09. The van der Waals surface area contributed by atoms with E-state index in [0.717, 1.165) is 39.0 Å². The van der Waals surface area contributed by atoms with E-state index in [1.54, 1.807) is 13.2 Å². The van der Waals surface area contributed by atoms with Crippen LogP contribution in [0, 0.1) is 5.82 Å². The zero-order valence-electron chi connectivity index (χ0n) is 15.3. The lowest BCUT2D eigenvalue weighted by atomic mass is 9.92. The fraction of sp³-hybridized carbons (Fsp3) is 0.684. The molecule has 25 heavy (non-hydrogen) atoms. The molecule has 2 heterocycles. The molecule has 0 unspecified atom stereocenters. The van der Waals surface area contributed by atoms with Crippen LogP contribution in [0.3, 0.4) is 0 Å². The Kier molecular flexibility index (Phi) is 5.81. The predicted molar refractivity (Wildman–Crippen MR) is 94.6 cm³/mol. The van der Waals surface area contributed by atoms with E-state index >= 15 is 0 Å². The van der Waals surface area contributed by atoms with E-state index in [0.29, 0.717) is 30.2 Å². The van der Waals surface area contributed by atoms with Crippen LogP contribution in [-0.4, -0.2) is 67.5 Å². The van der Waals surface area contributed by atoms with Gasteiger partial charge in [-0.05, 0) is 51.4 Å². The molecular formula is C19H29FN2O3. The molecule has 1 N–H and O–H groups in total. The van der Waals surface area contributed by atoms with Gasteiger partial charge in [-0.1, -0.05) is 0 Å². The summed E-state index contributed by atoms with van der Waals surface area (Å²) in [5.41, 5.74) is -0.126. The predicted octanol–water partition coefficient (Wildman–Crippen LogP) is 2.27. The summed E-state index contributed by atoms with van der Waals surface area (Å²) in [7, 11) is 3.05. The van der Waals surface area contributed by atoms with Crippen molar-refractivity contribution in [2.24, 2.45) is 0 Å². The van der Waals surface area contributed by atoms with Crippen LogP contribution in [0.4, 0.5) is 4.39 Å². The van der Waals surface area contributed by atoms with Crippen LogP contribution in [0.1, 0.15) is 31.2 Å². The van der Waals surface area contributed by atoms with Crippen LogP contribution in [-0.2, 0) is 6.54 Å². The van der Waals surface area contributed by atoms with Crippen LogP contribution in [0.5, 0.6) is 11.5 Å². The van der Waals surface area contributed by atoms with E-state index in [1.807, 2.05) is 0 Å². The van der Waals surface area contributed by atoms with Crippen molar-refractivity contribution in [3.8, 4) is 11.5 Å². The number of hydrogen-bond donors (Lipinski definition) is 1. The maximum absolute atomic E-state index is 14.4. The van der Waals surface area contributed by atoms with E-state index in [4.69, 9.17) is 9.47 Å². The highest BCUT2D eigenvalue weighted by atomic mass is 19.1. The van der Waals surface area contributed by atoms with E-state index in [9.17, 15) is 9.50 Å². The molecule has 2 fully saturated rings. The molecule has 0 spiro atoms. The summed E-state index contributed by atoms with van der Waals surface area (Å²) in [6.07, 6.45) is 4.18. The summed E-state index contributed by atoms with van der Waals surface area (Å²) in [5, 5.41) is 11.0. The summed E-state index contributed by atoms with van der Waals surface area (Å²) in [4.78, 5) is 4.49. The second kappa shape index (κ2) is 7.89. The molecule has 0 aromatic heterocycles. The van der Waals surface area contributed by atoms with Gasteiger partial charge < -0.3 is 19.5 Å². The fourth-order valence-electron chi connectivity index (χ4n) is 4.09. The van der Waals surface area contributed by atoms with Crippen molar-refractivity contribution in [3.63, 3.8) is 0 Å². The Balaban J connectivity index is 1.68. The normalized spacial score (nSPS) is 25.3. The Morgan fingerprint density at radius 2 is 1.68 bits per heavy atom. The van der Waals surface area contributed by atoms with Gasteiger partial charge in [0.25, 0.3) is 0 Å². The van der Waals surface area contributed by atoms with Crippen molar-refractivity contribution in [1.29, 1.82) is 0 Å². The average Bonchev–Trinajstić information content (AvgIpc) is 3.08. The summed E-state index contributed by atoms with van der Waals surface area (Å²) < 4.78 is 24.8. The second-order valence-corrected chi connectivity index (χ2v) is 7.32. The first-order valence-corrected chi connectivity index (χ1v) is 9.10. The molecule has 0 bridgehead atoms. The third-order valence-electron chi connectivity index (χ3n) is 5.30. The molecule has 0 aliphatic carbocycles. The molecule has 6 heteroatoms. The maximum atomic E-state index is 14.4. The molecule has 2 aliphatic rings. The molecule has 2 saturated heterocycles. The quantitative estimate of drug-likeness (QED) is 0.851. The zero-order valence-corrected chi connectivity index (χ0v) is 15.3. The lowest BCUT2D eigenvalue weighted by molar-refractivity contribution is -0.0521.